The maximum absolute atomic E-state index is 11.0. The third-order valence-corrected chi connectivity index (χ3v) is 1.69. The van der Waals surface area contributed by atoms with E-state index in [2.05, 4.69) is 0 Å². The molecule has 4 nitrogen and oxygen atoms in total. The van der Waals surface area contributed by atoms with E-state index in [0.29, 0.717) is 0 Å². The molecule has 1 amide bonds. The highest BCUT2D eigenvalue weighted by Gasteiger charge is 2.23. The lowest BCUT2D eigenvalue weighted by Crippen LogP contribution is -2.48. The number of rotatable bonds is 1. The van der Waals surface area contributed by atoms with Crippen molar-refractivity contribution in [1.29, 1.82) is 0 Å². The van der Waals surface area contributed by atoms with E-state index in [1.54, 1.807) is 20.4 Å². The van der Waals surface area contributed by atoms with Crippen LogP contribution in [-0.2, 0) is 9.53 Å². The van der Waals surface area contributed by atoms with Crippen LogP contribution in [0.1, 0.15) is 0 Å². The highest BCUT2D eigenvalue weighted by atomic mass is 16.5. The molecular formula is C7H12N2O2. The van der Waals surface area contributed by atoms with Crippen LogP contribution in [0.3, 0.4) is 0 Å². The van der Waals surface area contributed by atoms with E-state index >= 15 is 0 Å². The van der Waals surface area contributed by atoms with Crippen molar-refractivity contribution in [3.8, 4) is 0 Å². The number of carbonyl (C=O) groups excluding carboxylic acids is 1. The van der Waals surface area contributed by atoms with Crippen molar-refractivity contribution in [1.82, 2.24) is 9.80 Å². The van der Waals surface area contributed by atoms with Gasteiger partial charge in [0.25, 0.3) is 5.91 Å². The van der Waals surface area contributed by atoms with Crippen LogP contribution in [0, 0.1) is 0 Å². The summed E-state index contributed by atoms with van der Waals surface area (Å²) in [5.74, 6) is -0.0325. The molecule has 0 aromatic heterocycles. The summed E-state index contributed by atoms with van der Waals surface area (Å²) in [6.07, 6.45) is 2.94. The summed E-state index contributed by atoms with van der Waals surface area (Å²) >= 11 is 0. The molecule has 0 radical (unpaired) electrons. The molecule has 11 heavy (non-hydrogen) atoms. The van der Waals surface area contributed by atoms with Gasteiger partial charge in [-0.15, -0.1) is 0 Å². The van der Waals surface area contributed by atoms with Crippen molar-refractivity contribution < 1.29 is 9.53 Å². The summed E-state index contributed by atoms with van der Waals surface area (Å²) in [6, 6.07) is 0. The molecule has 0 bridgehead atoms. The predicted octanol–water partition coefficient (Wildman–Crippen LogP) is -0.166. The minimum absolute atomic E-state index is 0.0325. The lowest BCUT2D eigenvalue weighted by molar-refractivity contribution is -0.152. The number of methoxy groups -OCH3 is 1. The Bertz CT molecular complexity index is 191. The molecular weight excluding hydrogens is 144 g/mol. The summed E-state index contributed by atoms with van der Waals surface area (Å²) in [5, 5.41) is 0. The van der Waals surface area contributed by atoms with Crippen LogP contribution >= 0.6 is 0 Å². The Hall–Kier alpha value is -1.03. The van der Waals surface area contributed by atoms with Crippen molar-refractivity contribution in [3.63, 3.8) is 0 Å². The van der Waals surface area contributed by atoms with Crippen LogP contribution in [0.4, 0.5) is 0 Å². The summed E-state index contributed by atoms with van der Waals surface area (Å²) in [7, 11) is 5.13. The number of amides is 1. The molecule has 1 atom stereocenters. The van der Waals surface area contributed by atoms with Crippen LogP contribution < -0.4 is 0 Å². The van der Waals surface area contributed by atoms with Gasteiger partial charge in [-0.05, 0) is 0 Å². The van der Waals surface area contributed by atoms with E-state index in [4.69, 9.17) is 4.74 Å². The summed E-state index contributed by atoms with van der Waals surface area (Å²) in [5.41, 5.74) is 0. The van der Waals surface area contributed by atoms with Crippen molar-refractivity contribution in [2.24, 2.45) is 0 Å². The first-order valence-electron chi connectivity index (χ1n) is 3.36. The van der Waals surface area contributed by atoms with E-state index < -0.39 is 0 Å². The van der Waals surface area contributed by atoms with E-state index in [9.17, 15) is 4.79 Å². The number of hydrogen-bond donors (Lipinski definition) is 0. The molecule has 1 rings (SSSR count). The average Bonchev–Trinajstić information content (AvgIpc) is 1.99. The molecule has 1 heterocycles. The molecule has 4 heteroatoms. The minimum atomic E-state index is -0.271. The van der Waals surface area contributed by atoms with E-state index in [1.165, 1.54) is 11.0 Å². The fourth-order valence-electron chi connectivity index (χ4n) is 1.08. The molecule has 0 fully saturated rings. The second kappa shape index (κ2) is 2.92. The van der Waals surface area contributed by atoms with Gasteiger partial charge in [0.05, 0.1) is 0 Å². The number of hydrogen-bond acceptors (Lipinski definition) is 3. The standard InChI is InChI=1S/C7H12N2O2/c1-8-5-4-6(10)9(2)7(8)11-3/h4-5,7H,1-3H3. The fourth-order valence-corrected chi connectivity index (χ4v) is 1.08. The second-order valence-electron chi connectivity index (χ2n) is 2.49. The van der Waals surface area contributed by atoms with Gasteiger partial charge in [-0.2, -0.15) is 0 Å². The van der Waals surface area contributed by atoms with Crippen LogP contribution in [-0.4, -0.2) is 43.3 Å². The summed E-state index contributed by atoms with van der Waals surface area (Å²) in [4.78, 5) is 14.4. The molecule has 0 aromatic carbocycles. The van der Waals surface area contributed by atoms with Crippen molar-refractivity contribution in [2.75, 3.05) is 21.2 Å². The first kappa shape index (κ1) is 8.07. The van der Waals surface area contributed by atoms with Crippen LogP contribution in [0.25, 0.3) is 0 Å². The van der Waals surface area contributed by atoms with Crippen molar-refractivity contribution in [3.05, 3.63) is 12.3 Å². The molecule has 0 spiro atoms. The normalized spacial score (nSPS) is 24.6. The lowest BCUT2D eigenvalue weighted by Gasteiger charge is -2.35. The number of carbonyl (C=O) groups is 1. The Balaban J connectivity index is 2.78. The second-order valence-corrected chi connectivity index (χ2v) is 2.49. The smallest absolute Gasteiger partial charge is 0.251 e. The first-order chi connectivity index (χ1) is 5.16. The maximum atomic E-state index is 11.0. The van der Waals surface area contributed by atoms with Gasteiger partial charge >= 0.3 is 0 Å². The Morgan fingerprint density at radius 3 is 2.64 bits per heavy atom. The molecule has 1 aliphatic heterocycles. The summed E-state index contributed by atoms with van der Waals surface area (Å²) < 4.78 is 5.07. The Morgan fingerprint density at radius 1 is 1.55 bits per heavy atom. The number of nitrogens with zero attached hydrogens (tertiary/aromatic N) is 2. The van der Waals surface area contributed by atoms with Crippen LogP contribution in [0.5, 0.6) is 0 Å². The van der Waals surface area contributed by atoms with Crippen LogP contribution in [0.15, 0.2) is 12.3 Å². The highest BCUT2D eigenvalue weighted by molar-refractivity contribution is 5.88. The maximum Gasteiger partial charge on any atom is 0.251 e. The van der Waals surface area contributed by atoms with E-state index in [1.807, 2.05) is 11.9 Å². The monoisotopic (exact) mass is 156 g/mol. The molecule has 0 aliphatic carbocycles. The number of likely N-dealkylation sites (N-methyl/N-ethyl adjacent to an activating group) is 1. The van der Waals surface area contributed by atoms with Gasteiger partial charge in [-0.1, -0.05) is 0 Å². The number of ether oxygens (including phenoxy) is 1. The van der Waals surface area contributed by atoms with Crippen molar-refractivity contribution >= 4 is 5.91 Å². The Morgan fingerprint density at radius 2 is 2.18 bits per heavy atom. The quantitative estimate of drug-likeness (QED) is 0.528. The van der Waals surface area contributed by atoms with Crippen LogP contribution in [0.2, 0.25) is 0 Å². The molecule has 1 aliphatic rings. The molecule has 62 valence electrons. The van der Waals surface area contributed by atoms with Crippen molar-refractivity contribution in [2.45, 2.75) is 6.35 Å². The van der Waals surface area contributed by atoms with Gasteiger partial charge in [0.15, 0.2) is 0 Å². The van der Waals surface area contributed by atoms with Gasteiger partial charge in [0, 0.05) is 33.5 Å². The zero-order valence-electron chi connectivity index (χ0n) is 6.94. The SMILES string of the molecule is COC1N(C)C=CC(=O)N1C. The Labute approximate surface area is 66.0 Å². The van der Waals surface area contributed by atoms with Gasteiger partial charge in [-0.25, -0.2) is 0 Å². The third-order valence-electron chi connectivity index (χ3n) is 1.69. The zero-order valence-corrected chi connectivity index (χ0v) is 6.94. The minimum Gasteiger partial charge on any atom is -0.344 e. The largest absolute Gasteiger partial charge is 0.344 e. The zero-order chi connectivity index (χ0) is 8.43. The Kier molecular flexibility index (Phi) is 2.14. The van der Waals surface area contributed by atoms with Gasteiger partial charge in [-0.3, -0.25) is 9.69 Å². The lowest BCUT2D eigenvalue weighted by atomic mass is 10.4. The first-order valence-corrected chi connectivity index (χ1v) is 3.36. The van der Waals surface area contributed by atoms with Gasteiger partial charge < -0.3 is 9.64 Å². The third kappa shape index (κ3) is 1.35. The fraction of sp³-hybridized carbons (Fsp3) is 0.571. The van der Waals surface area contributed by atoms with Gasteiger partial charge in [0.1, 0.15) is 0 Å². The van der Waals surface area contributed by atoms with Gasteiger partial charge in [0.2, 0.25) is 6.35 Å². The molecule has 1 unspecified atom stereocenters. The van der Waals surface area contributed by atoms with E-state index in [0.717, 1.165) is 0 Å². The predicted molar refractivity (Wildman–Crippen MR) is 40.5 cm³/mol. The molecule has 0 N–H and O–H groups in total. The highest BCUT2D eigenvalue weighted by Crippen LogP contribution is 2.09. The topological polar surface area (TPSA) is 32.8 Å². The molecule has 0 saturated carbocycles. The average molecular weight is 156 g/mol. The molecule has 0 saturated heterocycles. The summed E-state index contributed by atoms with van der Waals surface area (Å²) in [6.45, 7) is 0. The molecule has 0 aromatic rings. The van der Waals surface area contributed by atoms with E-state index in [-0.39, 0.29) is 12.3 Å².